The van der Waals surface area contributed by atoms with Crippen LogP contribution in [0.4, 0.5) is 0 Å². The molecule has 0 radical (unpaired) electrons. The van der Waals surface area contributed by atoms with E-state index in [0.717, 1.165) is 26.2 Å². The fourth-order valence-electron chi connectivity index (χ4n) is 2.25. The molecule has 1 atom stereocenters. The first kappa shape index (κ1) is 13.9. The molecule has 1 N–H and O–H groups in total. The van der Waals surface area contributed by atoms with Gasteiger partial charge in [0.1, 0.15) is 0 Å². The number of nitrogens with one attached hydrogen (secondary N) is 1. The summed E-state index contributed by atoms with van der Waals surface area (Å²) in [6, 6.07) is 0. The molecule has 0 aromatic heterocycles. The van der Waals surface area contributed by atoms with Crippen molar-refractivity contribution in [3.63, 3.8) is 0 Å². The smallest absolute Gasteiger partial charge is 0.0931 e. The molecular weight excluding hydrogens is 204 g/mol. The Morgan fingerprint density at radius 2 is 2.12 bits per heavy atom. The quantitative estimate of drug-likeness (QED) is 0.754. The second-order valence-corrected chi connectivity index (χ2v) is 5.21. The third-order valence-electron chi connectivity index (χ3n) is 3.02. The molecule has 1 aliphatic rings. The first-order chi connectivity index (χ1) is 7.57. The van der Waals surface area contributed by atoms with E-state index < -0.39 is 0 Å². The number of rotatable bonds is 5. The lowest BCUT2D eigenvalue weighted by Crippen LogP contribution is -2.48. The van der Waals surface area contributed by atoms with Crippen LogP contribution >= 0.6 is 0 Å². The van der Waals surface area contributed by atoms with Crippen LogP contribution in [0, 0.1) is 0 Å². The molecule has 4 nitrogen and oxygen atoms in total. The molecular formula is C12H26N2O2. The largest absolute Gasteiger partial charge is 0.382 e. The Hall–Kier alpha value is -0.160. The van der Waals surface area contributed by atoms with Crippen molar-refractivity contribution in [2.75, 3.05) is 47.0 Å². The van der Waals surface area contributed by atoms with Gasteiger partial charge < -0.3 is 14.8 Å². The molecule has 0 spiro atoms. The fraction of sp³-hybridized carbons (Fsp3) is 1.00. The van der Waals surface area contributed by atoms with Crippen LogP contribution in [0.25, 0.3) is 0 Å². The van der Waals surface area contributed by atoms with Crippen molar-refractivity contribution >= 4 is 0 Å². The second kappa shape index (κ2) is 6.55. The Kier molecular flexibility index (Phi) is 5.69. The summed E-state index contributed by atoms with van der Waals surface area (Å²) in [7, 11) is 3.48. The first-order valence-corrected chi connectivity index (χ1v) is 6.06. The minimum absolute atomic E-state index is 0.180. The summed E-state index contributed by atoms with van der Waals surface area (Å²) in [5.41, 5.74) is 0.196. The van der Waals surface area contributed by atoms with Gasteiger partial charge in [-0.05, 0) is 33.4 Å². The van der Waals surface area contributed by atoms with Gasteiger partial charge in [-0.2, -0.15) is 0 Å². The number of hydrogen-bond acceptors (Lipinski definition) is 4. The molecule has 1 fully saturated rings. The van der Waals surface area contributed by atoms with E-state index in [0.29, 0.717) is 6.61 Å². The zero-order valence-electron chi connectivity index (χ0n) is 11.1. The molecule has 96 valence electrons. The maximum atomic E-state index is 5.42. The molecule has 0 aliphatic carbocycles. The van der Waals surface area contributed by atoms with E-state index in [2.05, 4.69) is 24.1 Å². The molecule has 1 heterocycles. The number of methoxy groups -OCH3 is 2. The molecule has 0 bridgehead atoms. The lowest BCUT2D eigenvalue weighted by molar-refractivity contribution is 0.00406. The van der Waals surface area contributed by atoms with Gasteiger partial charge >= 0.3 is 0 Å². The minimum atomic E-state index is 0.180. The summed E-state index contributed by atoms with van der Waals surface area (Å²) in [6.45, 7) is 9.44. The minimum Gasteiger partial charge on any atom is -0.382 e. The summed E-state index contributed by atoms with van der Waals surface area (Å²) in [5.74, 6) is 0. The molecule has 0 saturated carbocycles. The van der Waals surface area contributed by atoms with E-state index in [9.17, 15) is 0 Å². The topological polar surface area (TPSA) is 33.7 Å². The third-order valence-corrected chi connectivity index (χ3v) is 3.02. The van der Waals surface area contributed by atoms with Crippen LogP contribution < -0.4 is 5.32 Å². The summed E-state index contributed by atoms with van der Waals surface area (Å²) < 4.78 is 10.6. The van der Waals surface area contributed by atoms with E-state index in [1.807, 2.05) is 0 Å². The molecule has 16 heavy (non-hydrogen) atoms. The van der Waals surface area contributed by atoms with Gasteiger partial charge in [0.15, 0.2) is 0 Å². The van der Waals surface area contributed by atoms with E-state index in [-0.39, 0.29) is 11.6 Å². The highest BCUT2D eigenvalue weighted by atomic mass is 16.5. The van der Waals surface area contributed by atoms with Gasteiger partial charge in [0.2, 0.25) is 0 Å². The predicted molar refractivity (Wildman–Crippen MR) is 65.8 cm³/mol. The molecule has 4 heteroatoms. The Morgan fingerprint density at radius 1 is 1.38 bits per heavy atom. The maximum absolute atomic E-state index is 5.42. The molecule has 1 aliphatic heterocycles. The van der Waals surface area contributed by atoms with Crippen LogP contribution in [0.1, 0.15) is 20.3 Å². The Bertz CT molecular complexity index is 197. The van der Waals surface area contributed by atoms with Gasteiger partial charge in [-0.25, -0.2) is 0 Å². The number of nitrogens with zero attached hydrogens (tertiary/aromatic N) is 1. The van der Waals surface area contributed by atoms with Crippen LogP contribution in [0.15, 0.2) is 0 Å². The molecule has 0 amide bonds. The molecule has 1 saturated heterocycles. The van der Waals surface area contributed by atoms with Crippen LogP contribution in [-0.4, -0.2) is 63.5 Å². The summed E-state index contributed by atoms with van der Waals surface area (Å²) >= 11 is 0. The lowest BCUT2D eigenvalue weighted by Gasteiger charge is -2.31. The second-order valence-electron chi connectivity index (χ2n) is 5.21. The third kappa shape index (κ3) is 4.78. The summed E-state index contributed by atoms with van der Waals surface area (Å²) in [5, 5.41) is 3.56. The monoisotopic (exact) mass is 230 g/mol. The Balaban J connectivity index is 2.44. The number of ether oxygens (including phenoxy) is 2. The average molecular weight is 230 g/mol. The van der Waals surface area contributed by atoms with Crippen LogP contribution in [0.5, 0.6) is 0 Å². The lowest BCUT2D eigenvalue weighted by atomic mass is 10.1. The van der Waals surface area contributed by atoms with Gasteiger partial charge in [0.25, 0.3) is 0 Å². The zero-order valence-corrected chi connectivity index (χ0v) is 11.1. The normalized spacial score (nSPS) is 24.0. The van der Waals surface area contributed by atoms with Gasteiger partial charge in [0.05, 0.1) is 12.7 Å². The van der Waals surface area contributed by atoms with E-state index in [4.69, 9.17) is 9.47 Å². The predicted octanol–water partition coefficient (Wildman–Crippen LogP) is 0.722. The number of hydrogen-bond donors (Lipinski definition) is 1. The molecule has 1 rings (SSSR count). The van der Waals surface area contributed by atoms with Crippen molar-refractivity contribution in [2.24, 2.45) is 0 Å². The summed E-state index contributed by atoms with van der Waals surface area (Å²) in [6.07, 6.45) is 1.38. The van der Waals surface area contributed by atoms with Crippen molar-refractivity contribution < 1.29 is 9.47 Å². The van der Waals surface area contributed by atoms with Gasteiger partial charge in [-0.15, -0.1) is 0 Å². The fourth-order valence-corrected chi connectivity index (χ4v) is 2.25. The van der Waals surface area contributed by atoms with Crippen molar-refractivity contribution in [1.29, 1.82) is 0 Å². The highest BCUT2D eigenvalue weighted by Crippen LogP contribution is 2.11. The van der Waals surface area contributed by atoms with E-state index in [1.54, 1.807) is 14.2 Å². The van der Waals surface area contributed by atoms with Crippen LogP contribution in [0.2, 0.25) is 0 Å². The molecule has 1 unspecified atom stereocenters. The highest BCUT2D eigenvalue weighted by molar-refractivity contribution is 4.85. The van der Waals surface area contributed by atoms with Crippen molar-refractivity contribution in [1.82, 2.24) is 10.2 Å². The molecule has 0 aromatic rings. The Morgan fingerprint density at radius 3 is 2.75 bits per heavy atom. The van der Waals surface area contributed by atoms with Crippen LogP contribution in [0.3, 0.4) is 0 Å². The van der Waals surface area contributed by atoms with E-state index in [1.165, 1.54) is 6.42 Å². The van der Waals surface area contributed by atoms with Gasteiger partial charge in [0, 0.05) is 32.8 Å². The SMILES string of the molecule is COCC(CN1CCCNC(C)(C)C1)OC. The summed E-state index contributed by atoms with van der Waals surface area (Å²) in [4.78, 5) is 2.47. The maximum Gasteiger partial charge on any atom is 0.0931 e. The van der Waals surface area contributed by atoms with Gasteiger partial charge in [-0.1, -0.05) is 0 Å². The van der Waals surface area contributed by atoms with Crippen molar-refractivity contribution in [2.45, 2.75) is 31.9 Å². The van der Waals surface area contributed by atoms with Crippen molar-refractivity contribution in [3.8, 4) is 0 Å². The zero-order chi connectivity index (χ0) is 12.0. The van der Waals surface area contributed by atoms with Gasteiger partial charge in [-0.3, -0.25) is 4.90 Å². The Labute approximate surface area is 99.3 Å². The van der Waals surface area contributed by atoms with Crippen molar-refractivity contribution in [3.05, 3.63) is 0 Å². The average Bonchev–Trinajstić information content (AvgIpc) is 2.38. The van der Waals surface area contributed by atoms with Crippen LogP contribution in [-0.2, 0) is 9.47 Å². The molecule has 0 aromatic carbocycles. The van der Waals surface area contributed by atoms with E-state index >= 15 is 0 Å². The highest BCUT2D eigenvalue weighted by Gasteiger charge is 2.25. The standard InChI is InChI=1S/C12H26N2O2/c1-12(2)10-14(7-5-6-13-12)8-11(16-4)9-15-3/h11,13H,5-10H2,1-4H3. The first-order valence-electron chi connectivity index (χ1n) is 6.06.